The van der Waals surface area contributed by atoms with Crippen LogP contribution in [0.4, 0.5) is 0 Å². The van der Waals surface area contributed by atoms with Crippen molar-refractivity contribution in [2.24, 2.45) is 5.92 Å². The van der Waals surface area contributed by atoms with E-state index in [4.69, 9.17) is 4.74 Å². The van der Waals surface area contributed by atoms with E-state index >= 15 is 0 Å². The Morgan fingerprint density at radius 3 is 2.46 bits per heavy atom. The van der Waals surface area contributed by atoms with E-state index in [-0.39, 0.29) is 28.9 Å². The summed E-state index contributed by atoms with van der Waals surface area (Å²) in [5, 5.41) is 10.6. The molecular weight excluding hydrogens is 312 g/mol. The minimum absolute atomic E-state index is 0.0204. The van der Waals surface area contributed by atoms with E-state index < -0.39 is 23.5 Å². The number of ether oxygens (including phenoxy) is 2. The molecule has 0 saturated heterocycles. The van der Waals surface area contributed by atoms with Crippen molar-refractivity contribution in [1.29, 1.82) is 0 Å². The molecule has 24 heavy (non-hydrogen) atoms. The van der Waals surface area contributed by atoms with Crippen LogP contribution in [-0.4, -0.2) is 36.9 Å². The molecule has 1 aromatic rings. The number of aliphatic hydroxyl groups is 1. The largest absolute Gasteiger partial charge is 0.507 e. The molecule has 1 aliphatic carbocycles. The molecule has 0 radical (unpaired) electrons. The number of hydrogen-bond acceptors (Lipinski definition) is 6. The fourth-order valence-electron chi connectivity index (χ4n) is 2.90. The van der Waals surface area contributed by atoms with Gasteiger partial charge in [0.1, 0.15) is 11.5 Å². The fraction of sp³-hybridized carbons (Fsp3) is 0.389. The predicted molar refractivity (Wildman–Crippen MR) is 86.9 cm³/mol. The summed E-state index contributed by atoms with van der Waals surface area (Å²) in [7, 11) is 2.73. The van der Waals surface area contributed by atoms with Crippen molar-refractivity contribution < 1.29 is 29.0 Å². The first-order valence-corrected chi connectivity index (χ1v) is 7.71. The minimum Gasteiger partial charge on any atom is -0.507 e. The molecule has 128 valence electrons. The number of esters is 1. The molecule has 0 amide bonds. The van der Waals surface area contributed by atoms with Crippen LogP contribution in [0.15, 0.2) is 23.8 Å². The topological polar surface area (TPSA) is 89.9 Å². The van der Waals surface area contributed by atoms with Crippen LogP contribution in [0.5, 0.6) is 5.75 Å². The Hall–Kier alpha value is -2.63. The number of Topliss-reactive ketones (excluding diaryl/α,β-unsaturated/α-hetero) is 2. The van der Waals surface area contributed by atoms with Crippen molar-refractivity contribution in [1.82, 2.24) is 0 Å². The van der Waals surface area contributed by atoms with E-state index in [9.17, 15) is 19.5 Å². The molecular formula is C18H20O6. The number of ketones is 2. The average molecular weight is 332 g/mol. The maximum Gasteiger partial charge on any atom is 0.306 e. The van der Waals surface area contributed by atoms with Crippen molar-refractivity contribution in [2.45, 2.75) is 26.2 Å². The van der Waals surface area contributed by atoms with Crippen LogP contribution in [0.3, 0.4) is 0 Å². The van der Waals surface area contributed by atoms with Crippen LogP contribution in [0.25, 0.3) is 5.76 Å². The number of carbonyl (C=O) groups is 3. The first kappa shape index (κ1) is 17.7. The van der Waals surface area contributed by atoms with Gasteiger partial charge in [-0.1, -0.05) is 13.3 Å². The van der Waals surface area contributed by atoms with Crippen molar-refractivity contribution >= 4 is 23.3 Å². The van der Waals surface area contributed by atoms with Gasteiger partial charge in [0.25, 0.3) is 0 Å². The molecule has 0 aromatic heterocycles. The van der Waals surface area contributed by atoms with Gasteiger partial charge in [-0.25, -0.2) is 0 Å². The van der Waals surface area contributed by atoms with E-state index in [0.29, 0.717) is 18.6 Å². The second kappa shape index (κ2) is 7.29. The number of hydrogen-bond donors (Lipinski definition) is 1. The number of benzene rings is 1. The first-order valence-electron chi connectivity index (χ1n) is 7.71. The molecule has 0 saturated carbocycles. The summed E-state index contributed by atoms with van der Waals surface area (Å²) in [4.78, 5) is 36.5. The molecule has 0 unspecified atom stereocenters. The average Bonchev–Trinajstić information content (AvgIpc) is 2.59. The molecule has 1 atom stereocenters. The Kier molecular flexibility index (Phi) is 5.39. The number of methoxy groups -OCH3 is 2. The summed E-state index contributed by atoms with van der Waals surface area (Å²) in [6.45, 7) is 1.90. The van der Waals surface area contributed by atoms with Gasteiger partial charge in [0.15, 0.2) is 0 Å². The first-order chi connectivity index (χ1) is 11.4. The highest BCUT2D eigenvalue weighted by atomic mass is 16.5. The number of aliphatic hydroxyl groups excluding tert-OH is 1. The highest BCUT2D eigenvalue weighted by Crippen LogP contribution is 2.36. The Morgan fingerprint density at radius 2 is 1.88 bits per heavy atom. The van der Waals surface area contributed by atoms with Gasteiger partial charge >= 0.3 is 5.97 Å². The molecule has 6 heteroatoms. The van der Waals surface area contributed by atoms with E-state index in [0.717, 1.165) is 0 Å². The molecule has 1 aromatic carbocycles. The van der Waals surface area contributed by atoms with Gasteiger partial charge < -0.3 is 14.6 Å². The summed E-state index contributed by atoms with van der Waals surface area (Å²) in [6.07, 6.45) is 1.10. The maximum absolute atomic E-state index is 12.5. The SMILES string of the molecule is CCC[C@H](CC(=O)OC)C1=C(O)c2cc(OC)ccc2C(=O)C1=O. The summed E-state index contributed by atoms with van der Waals surface area (Å²) >= 11 is 0. The highest BCUT2D eigenvalue weighted by molar-refractivity contribution is 6.52. The van der Waals surface area contributed by atoms with Gasteiger partial charge in [0, 0.05) is 22.6 Å². The summed E-state index contributed by atoms with van der Waals surface area (Å²) in [5.41, 5.74) is 0.364. The van der Waals surface area contributed by atoms with Crippen LogP contribution >= 0.6 is 0 Å². The van der Waals surface area contributed by atoms with Crippen LogP contribution < -0.4 is 4.74 Å². The Balaban J connectivity index is 2.57. The van der Waals surface area contributed by atoms with Crippen molar-refractivity contribution in [3.8, 4) is 5.75 Å². The minimum atomic E-state index is -0.771. The molecule has 0 bridgehead atoms. The molecule has 2 rings (SSSR count). The Labute approximate surface area is 140 Å². The summed E-state index contributed by atoms with van der Waals surface area (Å²) in [6, 6.07) is 4.52. The number of allylic oxidation sites excluding steroid dienone is 1. The van der Waals surface area contributed by atoms with Crippen molar-refractivity contribution in [2.75, 3.05) is 14.2 Å². The lowest BCUT2D eigenvalue weighted by molar-refractivity contribution is -0.141. The smallest absolute Gasteiger partial charge is 0.306 e. The van der Waals surface area contributed by atoms with Gasteiger partial charge in [0.05, 0.1) is 20.6 Å². The van der Waals surface area contributed by atoms with E-state index in [1.165, 1.54) is 26.4 Å². The van der Waals surface area contributed by atoms with E-state index in [1.54, 1.807) is 6.07 Å². The molecule has 1 aliphatic rings. The lowest BCUT2D eigenvalue weighted by Gasteiger charge is -2.24. The van der Waals surface area contributed by atoms with Crippen LogP contribution in [0.1, 0.15) is 42.1 Å². The Bertz CT molecular complexity index is 716. The zero-order chi connectivity index (χ0) is 17.9. The predicted octanol–water partition coefficient (Wildman–Crippen LogP) is 2.71. The van der Waals surface area contributed by atoms with Crippen molar-refractivity contribution in [3.63, 3.8) is 0 Å². The van der Waals surface area contributed by atoms with Gasteiger partial charge in [-0.3, -0.25) is 14.4 Å². The standard InChI is InChI=1S/C18H20O6/c1-4-5-10(8-14(19)24-3)15-16(20)13-9-11(23-2)6-7-12(13)17(21)18(15)22/h6-7,9-10,20H,4-5,8H2,1-3H3/t10-/m1/s1. The molecule has 0 aliphatic heterocycles. The van der Waals surface area contributed by atoms with Gasteiger partial charge in [0.2, 0.25) is 11.6 Å². The number of fused-ring (bicyclic) bond motifs is 1. The quantitative estimate of drug-likeness (QED) is 0.636. The molecule has 0 fully saturated rings. The lowest BCUT2D eigenvalue weighted by atomic mass is 9.79. The molecule has 6 nitrogen and oxygen atoms in total. The van der Waals surface area contributed by atoms with E-state index in [2.05, 4.69) is 4.74 Å². The normalized spacial score (nSPS) is 15.1. The zero-order valence-electron chi connectivity index (χ0n) is 13.9. The van der Waals surface area contributed by atoms with Crippen LogP contribution in [0.2, 0.25) is 0 Å². The van der Waals surface area contributed by atoms with Crippen LogP contribution in [-0.2, 0) is 14.3 Å². The second-order valence-corrected chi connectivity index (χ2v) is 5.60. The third kappa shape index (κ3) is 3.18. The lowest BCUT2D eigenvalue weighted by Crippen LogP contribution is -2.29. The van der Waals surface area contributed by atoms with Gasteiger partial charge in [-0.15, -0.1) is 0 Å². The number of rotatable bonds is 6. The van der Waals surface area contributed by atoms with Gasteiger partial charge in [-0.2, -0.15) is 0 Å². The third-order valence-corrected chi connectivity index (χ3v) is 4.12. The Morgan fingerprint density at radius 1 is 1.17 bits per heavy atom. The summed E-state index contributed by atoms with van der Waals surface area (Å²) < 4.78 is 9.77. The molecule has 0 heterocycles. The van der Waals surface area contributed by atoms with Crippen LogP contribution in [0, 0.1) is 5.92 Å². The second-order valence-electron chi connectivity index (χ2n) is 5.60. The summed E-state index contributed by atoms with van der Waals surface area (Å²) in [5.74, 6) is -2.33. The van der Waals surface area contributed by atoms with E-state index in [1.807, 2.05) is 6.92 Å². The van der Waals surface area contributed by atoms with Gasteiger partial charge in [-0.05, 0) is 24.6 Å². The zero-order valence-corrected chi connectivity index (χ0v) is 13.9. The monoisotopic (exact) mass is 332 g/mol. The molecule has 1 N–H and O–H groups in total. The fourth-order valence-corrected chi connectivity index (χ4v) is 2.90. The highest BCUT2D eigenvalue weighted by Gasteiger charge is 2.37. The third-order valence-electron chi connectivity index (χ3n) is 4.12. The molecule has 0 spiro atoms. The van der Waals surface area contributed by atoms with Crippen molar-refractivity contribution in [3.05, 3.63) is 34.9 Å². The number of carbonyl (C=O) groups excluding carboxylic acids is 3. The maximum atomic E-state index is 12.5.